The van der Waals surface area contributed by atoms with Gasteiger partial charge in [-0.05, 0) is 35.5 Å². The molecule has 0 saturated heterocycles. The van der Waals surface area contributed by atoms with Crippen LogP contribution in [-0.2, 0) is 33.6 Å². The lowest BCUT2D eigenvalue weighted by atomic mass is 9.90. The zero-order valence-electron chi connectivity index (χ0n) is 22.7. The Morgan fingerprint density at radius 2 is 1.10 bits per heavy atom. The predicted octanol–water partition coefficient (Wildman–Crippen LogP) is 4.38. The van der Waals surface area contributed by atoms with Crippen LogP contribution in [0.5, 0.6) is 0 Å². The lowest BCUT2D eigenvalue weighted by molar-refractivity contribution is -0.135. The van der Waals surface area contributed by atoms with Crippen LogP contribution in [0.2, 0.25) is 0 Å². The third-order valence-corrected chi connectivity index (χ3v) is 9.35. The molecule has 2 heterocycles. The van der Waals surface area contributed by atoms with Crippen LogP contribution in [0.3, 0.4) is 0 Å². The number of hydrogen-bond acceptors (Lipinski definition) is 11. The van der Waals surface area contributed by atoms with Gasteiger partial charge < -0.3 is 10.2 Å². The van der Waals surface area contributed by atoms with Gasteiger partial charge in [0.05, 0.1) is 0 Å². The molecule has 2 aromatic heterocycles. The molecule has 10 nitrogen and oxygen atoms in total. The monoisotopic (exact) mass is 612 g/mol. The second-order valence-electron chi connectivity index (χ2n) is 9.18. The molecular formula is C28H32N6O4S3. The summed E-state index contributed by atoms with van der Waals surface area (Å²) in [6.45, 7) is 3.51. The summed E-state index contributed by atoms with van der Waals surface area (Å²) < 4.78 is 0. The molecule has 4 aromatic rings. The van der Waals surface area contributed by atoms with Crippen molar-refractivity contribution >= 4 is 56.5 Å². The van der Waals surface area contributed by atoms with Crippen LogP contribution in [0.1, 0.15) is 47.8 Å². The van der Waals surface area contributed by atoms with E-state index in [0.717, 1.165) is 21.5 Å². The second kappa shape index (κ2) is 14.1. The van der Waals surface area contributed by atoms with Gasteiger partial charge in [-0.3, -0.25) is 20.2 Å². The molecule has 4 N–H and O–H groups in total. The fourth-order valence-corrected chi connectivity index (χ4v) is 6.66. The maximum atomic E-state index is 12.8. The first-order chi connectivity index (χ1) is 19.8. The first kappa shape index (κ1) is 30.7. The third kappa shape index (κ3) is 7.54. The van der Waals surface area contributed by atoms with Crippen molar-refractivity contribution in [3.05, 3.63) is 81.8 Å². The van der Waals surface area contributed by atoms with E-state index in [9.17, 15) is 19.8 Å². The molecule has 0 aliphatic carbocycles. The fourth-order valence-electron chi connectivity index (χ4n) is 4.05. The van der Waals surface area contributed by atoms with Crippen LogP contribution in [0.15, 0.2) is 60.7 Å². The van der Waals surface area contributed by atoms with Crippen molar-refractivity contribution in [2.45, 2.75) is 50.7 Å². The van der Waals surface area contributed by atoms with Gasteiger partial charge in [0.25, 0.3) is 11.8 Å². The number of carbonyl (C=O) groups excluding carboxylic acids is 2. The molecule has 0 aliphatic rings. The summed E-state index contributed by atoms with van der Waals surface area (Å²) in [5.74, 6) is 0.536. The SMILES string of the molecule is CC[C@@](O)(C(=O)Nc1nnc(CCSCCc2nnc(NC(=O)[C@](O)(CC)c3ccccc3)s2)s1)c1ccccc1. The Bertz CT molecular complexity index is 1330. The molecular weight excluding hydrogens is 581 g/mol. The first-order valence-electron chi connectivity index (χ1n) is 13.2. The summed E-state index contributed by atoms with van der Waals surface area (Å²) in [5, 5.41) is 46.1. The standard InChI is InChI=1S/C28H32N6O4S3/c1-3-27(37,19-11-7-5-8-12-19)23(35)29-25-33-31-21(40-25)15-17-39-18-16-22-32-34-26(41-22)30-24(36)28(38,4-2)20-13-9-6-10-14-20/h5-14,37-38H,3-4,15-18H2,1-2H3,(H,29,33,35)(H,30,34,36)/t27-,28-/m0/s1. The zero-order valence-corrected chi connectivity index (χ0v) is 25.2. The lowest BCUT2D eigenvalue weighted by Gasteiger charge is -2.25. The van der Waals surface area contributed by atoms with E-state index in [2.05, 4.69) is 31.0 Å². The zero-order chi connectivity index (χ0) is 29.3. The summed E-state index contributed by atoms with van der Waals surface area (Å²) in [5.41, 5.74) is -2.23. The summed E-state index contributed by atoms with van der Waals surface area (Å²) >= 11 is 4.30. The Morgan fingerprint density at radius 3 is 1.46 bits per heavy atom. The molecule has 41 heavy (non-hydrogen) atoms. The first-order valence-corrected chi connectivity index (χ1v) is 16.0. The maximum Gasteiger partial charge on any atom is 0.262 e. The van der Waals surface area contributed by atoms with Crippen LogP contribution >= 0.6 is 34.4 Å². The average molecular weight is 613 g/mol. The van der Waals surface area contributed by atoms with E-state index in [0.29, 0.717) is 34.2 Å². The second-order valence-corrected chi connectivity index (χ2v) is 12.5. The minimum Gasteiger partial charge on any atom is -0.375 e. The highest BCUT2D eigenvalue weighted by molar-refractivity contribution is 7.99. The molecule has 2 aromatic carbocycles. The average Bonchev–Trinajstić information content (AvgIpc) is 3.65. The van der Waals surface area contributed by atoms with Gasteiger partial charge in [-0.1, -0.05) is 97.2 Å². The van der Waals surface area contributed by atoms with E-state index in [-0.39, 0.29) is 12.8 Å². The maximum absolute atomic E-state index is 12.8. The van der Waals surface area contributed by atoms with Gasteiger partial charge in [-0.15, -0.1) is 20.4 Å². The number of benzene rings is 2. The van der Waals surface area contributed by atoms with Crippen molar-refractivity contribution < 1.29 is 19.8 Å². The van der Waals surface area contributed by atoms with Gasteiger partial charge in [0, 0.05) is 12.8 Å². The number of amides is 2. The predicted molar refractivity (Wildman–Crippen MR) is 163 cm³/mol. The van der Waals surface area contributed by atoms with Crippen molar-refractivity contribution in [1.29, 1.82) is 0 Å². The molecule has 0 fully saturated rings. The molecule has 0 aliphatic heterocycles. The quantitative estimate of drug-likeness (QED) is 0.152. The normalized spacial score (nSPS) is 14.1. The van der Waals surface area contributed by atoms with Crippen LogP contribution in [-0.4, -0.2) is 53.9 Å². The van der Waals surface area contributed by atoms with Crippen LogP contribution < -0.4 is 10.6 Å². The van der Waals surface area contributed by atoms with E-state index in [4.69, 9.17) is 0 Å². The molecule has 0 unspecified atom stereocenters. The number of aromatic nitrogens is 4. The molecule has 2 atom stereocenters. The Balaban J connectivity index is 1.20. The van der Waals surface area contributed by atoms with Gasteiger partial charge in [0.15, 0.2) is 11.2 Å². The molecule has 216 valence electrons. The fraction of sp³-hybridized carbons (Fsp3) is 0.357. The van der Waals surface area contributed by atoms with Crippen LogP contribution in [0.25, 0.3) is 0 Å². The molecule has 13 heteroatoms. The van der Waals surface area contributed by atoms with E-state index < -0.39 is 23.0 Å². The van der Waals surface area contributed by atoms with E-state index in [1.54, 1.807) is 74.1 Å². The summed E-state index contributed by atoms with van der Waals surface area (Å²) in [6, 6.07) is 17.7. The summed E-state index contributed by atoms with van der Waals surface area (Å²) in [7, 11) is 0. The number of nitrogens with zero attached hydrogens (tertiary/aromatic N) is 4. The molecule has 0 radical (unpaired) electrons. The molecule has 0 bridgehead atoms. The Kier molecular flexibility index (Phi) is 10.6. The molecule has 0 spiro atoms. The molecule has 0 saturated carbocycles. The van der Waals surface area contributed by atoms with Crippen molar-refractivity contribution in [1.82, 2.24) is 20.4 Å². The number of rotatable bonds is 14. The number of aliphatic hydroxyl groups is 2. The van der Waals surface area contributed by atoms with Gasteiger partial charge >= 0.3 is 0 Å². The van der Waals surface area contributed by atoms with Gasteiger partial charge in [0.2, 0.25) is 10.3 Å². The van der Waals surface area contributed by atoms with Gasteiger partial charge in [-0.25, -0.2) is 0 Å². The number of thioether (sulfide) groups is 1. The van der Waals surface area contributed by atoms with E-state index in [1.807, 2.05) is 12.1 Å². The van der Waals surface area contributed by atoms with Crippen molar-refractivity contribution in [2.24, 2.45) is 0 Å². The highest BCUT2D eigenvalue weighted by Gasteiger charge is 2.37. The third-order valence-electron chi connectivity index (χ3n) is 6.57. The molecule has 2 amide bonds. The Labute approximate surface area is 250 Å². The number of hydrogen-bond donors (Lipinski definition) is 4. The largest absolute Gasteiger partial charge is 0.375 e. The van der Waals surface area contributed by atoms with E-state index >= 15 is 0 Å². The summed E-state index contributed by atoms with van der Waals surface area (Å²) in [6.07, 6.45) is 1.81. The van der Waals surface area contributed by atoms with Gasteiger partial charge in [0.1, 0.15) is 10.0 Å². The smallest absolute Gasteiger partial charge is 0.262 e. The Hall–Kier alpha value is -3.23. The number of nitrogens with one attached hydrogen (secondary N) is 2. The Morgan fingerprint density at radius 1 is 0.707 bits per heavy atom. The minimum absolute atomic E-state index is 0.224. The lowest BCUT2D eigenvalue weighted by Crippen LogP contribution is -2.39. The van der Waals surface area contributed by atoms with Crippen LogP contribution in [0.4, 0.5) is 10.3 Å². The topological polar surface area (TPSA) is 150 Å². The highest BCUT2D eigenvalue weighted by Crippen LogP contribution is 2.29. The number of anilines is 2. The van der Waals surface area contributed by atoms with Gasteiger partial charge in [-0.2, -0.15) is 11.8 Å². The van der Waals surface area contributed by atoms with E-state index in [1.165, 1.54) is 22.7 Å². The van der Waals surface area contributed by atoms with Crippen molar-refractivity contribution in [3.8, 4) is 0 Å². The van der Waals surface area contributed by atoms with Crippen molar-refractivity contribution in [2.75, 3.05) is 22.1 Å². The van der Waals surface area contributed by atoms with Crippen LogP contribution in [0, 0.1) is 0 Å². The minimum atomic E-state index is -1.64. The van der Waals surface area contributed by atoms with Crippen molar-refractivity contribution in [3.63, 3.8) is 0 Å². The molecule has 4 rings (SSSR count). The summed E-state index contributed by atoms with van der Waals surface area (Å²) in [4.78, 5) is 25.7. The highest BCUT2D eigenvalue weighted by atomic mass is 32.2. The number of carbonyl (C=O) groups is 2. The number of aryl methyl sites for hydroxylation is 2.